The zero-order valence-electron chi connectivity index (χ0n) is 14.3. The van der Waals surface area contributed by atoms with E-state index in [-0.39, 0.29) is 10.8 Å². The second kappa shape index (κ2) is 7.05. The molecule has 0 heterocycles. The van der Waals surface area contributed by atoms with Crippen LogP contribution in [0.1, 0.15) is 32.3 Å². The van der Waals surface area contributed by atoms with E-state index in [9.17, 15) is 13.2 Å². The predicted octanol–water partition coefficient (Wildman–Crippen LogP) is 3.59. The Morgan fingerprint density at radius 3 is 2.17 bits per heavy atom. The van der Waals surface area contributed by atoms with Crippen molar-refractivity contribution in [3.05, 3.63) is 54.1 Å². The fraction of sp³-hybridized carbons (Fsp3) is 0.278. The van der Waals surface area contributed by atoms with Gasteiger partial charge in [-0.25, -0.2) is 8.42 Å². The van der Waals surface area contributed by atoms with Gasteiger partial charge in [0.25, 0.3) is 10.0 Å². The molecule has 2 aromatic carbocycles. The molecule has 0 aromatic heterocycles. The third kappa shape index (κ3) is 3.94. The van der Waals surface area contributed by atoms with E-state index in [1.165, 1.54) is 11.8 Å². The van der Waals surface area contributed by atoms with Gasteiger partial charge >= 0.3 is 0 Å². The van der Waals surface area contributed by atoms with Crippen LogP contribution in [0.3, 0.4) is 0 Å². The summed E-state index contributed by atoms with van der Waals surface area (Å²) in [5.41, 5.74) is 1.95. The molecule has 0 atom stereocenters. The summed E-state index contributed by atoms with van der Waals surface area (Å²) in [6.07, 6.45) is 0. The van der Waals surface area contributed by atoms with E-state index in [4.69, 9.17) is 0 Å². The van der Waals surface area contributed by atoms with Crippen LogP contribution in [-0.4, -0.2) is 21.4 Å². The molecule has 0 spiro atoms. The van der Waals surface area contributed by atoms with Crippen LogP contribution in [0.25, 0.3) is 0 Å². The van der Waals surface area contributed by atoms with Crippen LogP contribution in [-0.2, 0) is 14.8 Å². The monoisotopic (exact) mass is 346 g/mol. The normalized spacial score (nSPS) is 11.4. The molecule has 1 amide bonds. The number of rotatable bonds is 5. The number of nitrogens with zero attached hydrogens (tertiary/aromatic N) is 1. The smallest absolute Gasteiger partial charge is 0.261 e. The Morgan fingerprint density at radius 1 is 1.04 bits per heavy atom. The highest BCUT2D eigenvalue weighted by Gasteiger charge is 2.18. The Balaban J connectivity index is 2.35. The molecule has 0 aliphatic heterocycles. The van der Waals surface area contributed by atoms with E-state index in [1.807, 2.05) is 12.1 Å². The first-order valence-electron chi connectivity index (χ1n) is 7.68. The van der Waals surface area contributed by atoms with Crippen molar-refractivity contribution in [1.29, 1.82) is 0 Å². The molecule has 5 nitrogen and oxygen atoms in total. The third-order valence-electron chi connectivity index (χ3n) is 3.84. The minimum Gasteiger partial charge on any atom is -0.314 e. The van der Waals surface area contributed by atoms with Gasteiger partial charge in [0.1, 0.15) is 0 Å². The number of nitrogens with one attached hydrogen (secondary N) is 1. The van der Waals surface area contributed by atoms with Crippen LogP contribution in [0.15, 0.2) is 53.4 Å². The lowest BCUT2D eigenvalue weighted by atomic mass is 10.0. The van der Waals surface area contributed by atoms with Gasteiger partial charge < -0.3 is 4.90 Å². The number of carbonyl (C=O) groups excluding carboxylic acids is 1. The Morgan fingerprint density at radius 2 is 1.62 bits per heavy atom. The maximum Gasteiger partial charge on any atom is 0.261 e. The van der Waals surface area contributed by atoms with Crippen LogP contribution < -0.4 is 9.62 Å². The first-order chi connectivity index (χ1) is 11.2. The van der Waals surface area contributed by atoms with E-state index in [0.717, 1.165) is 5.56 Å². The summed E-state index contributed by atoms with van der Waals surface area (Å²) in [5.74, 6) is 0.155. The first-order valence-corrected chi connectivity index (χ1v) is 9.17. The molecule has 2 rings (SSSR count). The number of benzene rings is 2. The lowest BCUT2D eigenvalue weighted by Crippen LogP contribution is -2.25. The highest BCUT2D eigenvalue weighted by molar-refractivity contribution is 7.92. The molecule has 24 heavy (non-hydrogen) atoms. The van der Waals surface area contributed by atoms with Crippen LogP contribution >= 0.6 is 0 Å². The van der Waals surface area contributed by atoms with E-state index in [2.05, 4.69) is 18.6 Å². The molecular formula is C18H22N2O3S. The minimum absolute atomic E-state index is 0.178. The molecule has 0 fully saturated rings. The molecular weight excluding hydrogens is 324 g/mol. The van der Waals surface area contributed by atoms with Crippen LogP contribution in [0.4, 0.5) is 11.4 Å². The van der Waals surface area contributed by atoms with Gasteiger partial charge in [0, 0.05) is 14.0 Å². The summed E-state index contributed by atoms with van der Waals surface area (Å²) >= 11 is 0. The topological polar surface area (TPSA) is 66.5 Å². The van der Waals surface area contributed by atoms with Gasteiger partial charge in [0.15, 0.2) is 0 Å². The van der Waals surface area contributed by atoms with Gasteiger partial charge in [-0.2, -0.15) is 0 Å². The quantitative estimate of drug-likeness (QED) is 0.899. The molecule has 0 radical (unpaired) electrons. The Labute approximate surface area is 143 Å². The summed E-state index contributed by atoms with van der Waals surface area (Å²) < 4.78 is 27.8. The SMILES string of the molecule is CC(=O)N(C)c1ccccc1NS(=O)(=O)c1ccc(C(C)C)cc1. The summed E-state index contributed by atoms with van der Waals surface area (Å²) in [7, 11) is -2.12. The van der Waals surface area contributed by atoms with Gasteiger partial charge in [-0.15, -0.1) is 0 Å². The molecule has 2 aromatic rings. The largest absolute Gasteiger partial charge is 0.314 e. The van der Waals surface area contributed by atoms with E-state index >= 15 is 0 Å². The number of sulfonamides is 1. The number of amides is 1. The van der Waals surface area contributed by atoms with Gasteiger partial charge in [0.2, 0.25) is 5.91 Å². The zero-order chi connectivity index (χ0) is 17.9. The standard InChI is InChI=1S/C18H22N2O3S/c1-13(2)15-9-11-16(12-10-15)24(22,23)19-17-7-5-6-8-18(17)20(4)14(3)21/h5-13,19H,1-4H3. The van der Waals surface area contributed by atoms with Crippen molar-refractivity contribution in [1.82, 2.24) is 0 Å². The number of para-hydroxylation sites is 2. The number of carbonyl (C=O) groups is 1. The number of anilines is 2. The molecule has 0 unspecified atom stereocenters. The lowest BCUT2D eigenvalue weighted by Gasteiger charge is -2.20. The van der Waals surface area contributed by atoms with Crippen molar-refractivity contribution in [2.75, 3.05) is 16.7 Å². The summed E-state index contributed by atoms with van der Waals surface area (Å²) in [5, 5.41) is 0. The second-order valence-corrected chi connectivity index (χ2v) is 7.61. The zero-order valence-corrected chi connectivity index (χ0v) is 15.1. The average Bonchev–Trinajstić information content (AvgIpc) is 2.54. The van der Waals surface area contributed by atoms with Gasteiger partial charge in [0.05, 0.1) is 16.3 Å². The Hall–Kier alpha value is -2.34. The molecule has 6 heteroatoms. The van der Waals surface area contributed by atoms with Crippen molar-refractivity contribution in [2.45, 2.75) is 31.6 Å². The Bertz CT molecular complexity index is 828. The fourth-order valence-corrected chi connectivity index (χ4v) is 3.33. The van der Waals surface area contributed by atoms with Crippen molar-refractivity contribution in [2.24, 2.45) is 0 Å². The minimum atomic E-state index is -3.73. The molecule has 0 aliphatic carbocycles. The molecule has 0 saturated carbocycles. The van der Waals surface area contributed by atoms with Gasteiger partial charge in [-0.05, 0) is 35.7 Å². The lowest BCUT2D eigenvalue weighted by molar-refractivity contribution is -0.116. The molecule has 0 bridgehead atoms. The maximum atomic E-state index is 12.6. The second-order valence-electron chi connectivity index (χ2n) is 5.92. The fourth-order valence-electron chi connectivity index (χ4n) is 2.26. The molecule has 0 saturated heterocycles. The van der Waals surface area contributed by atoms with Crippen LogP contribution in [0.2, 0.25) is 0 Å². The van der Waals surface area contributed by atoms with Crippen molar-refractivity contribution < 1.29 is 13.2 Å². The van der Waals surface area contributed by atoms with Crippen LogP contribution in [0.5, 0.6) is 0 Å². The van der Waals surface area contributed by atoms with Crippen molar-refractivity contribution in [3.8, 4) is 0 Å². The van der Waals surface area contributed by atoms with Crippen LogP contribution in [0, 0.1) is 0 Å². The molecule has 128 valence electrons. The van der Waals surface area contributed by atoms with Gasteiger partial charge in [-0.3, -0.25) is 9.52 Å². The summed E-state index contributed by atoms with van der Waals surface area (Å²) in [6.45, 7) is 5.53. The van der Waals surface area contributed by atoms with E-state index in [1.54, 1.807) is 43.4 Å². The Kier molecular flexibility index (Phi) is 5.29. The number of hydrogen-bond acceptors (Lipinski definition) is 3. The van der Waals surface area contributed by atoms with Crippen molar-refractivity contribution >= 4 is 27.3 Å². The van der Waals surface area contributed by atoms with E-state index < -0.39 is 10.0 Å². The third-order valence-corrected chi connectivity index (χ3v) is 5.22. The predicted molar refractivity (Wildman–Crippen MR) is 96.9 cm³/mol. The molecule has 0 aliphatic rings. The average molecular weight is 346 g/mol. The van der Waals surface area contributed by atoms with Crippen molar-refractivity contribution in [3.63, 3.8) is 0 Å². The number of hydrogen-bond donors (Lipinski definition) is 1. The van der Waals surface area contributed by atoms with E-state index in [0.29, 0.717) is 17.3 Å². The first kappa shape index (κ1) is 18.0. The summed E-state index contributed by atoms with van der Waals surface area (Å²) in [6, 6.07) is 13.6. The summed E-state index contributed by atoms with van der Waals surface area (Å²) in [4.78, 5) is 13.2. The highest BCUT2D eigenvalue weighted by Crippen LogP contribution is 2.27. The van der Waals surface area contributed by atoms with Gasteiger partial charge in [-0.1, -0.05) is 38.1 Å². The maximum absolute atomic E-state index is 12.6. The highest BCUT2D eigenvalue weighted by atomic mass is 32.2. The molecule has 1 N–H and O–H groups in total.